The van der Waals surface area contributed by atoms with Crippen LogP contribution in [0.5, 0.6) is 0 Å². The molecule has 0 saturated heterocycles. The largest absolute Gasteiger partial charge is 0.463 e. The van der Waals surface area contributed by atoms with Gasteiger partial charge >= 0.3 is 5.97 Å². The van der Waals surface area contributed by atoms with Crippen molar-refractivity contribution in [1.82, 2.24) is 0 Å². The van der Waals surface area contributed by atoms with E-state index >= 15 is 0 Å². The summed E-state index contributed by atoms with van der Waals surface area (Å²) < 4.78 is 4.85. The Bertz CT molecular complexity index is 422. The van der Waals surface area contributed by atoms with Gasteiger partial charge in [-0.1, -0.05) is 18.2 Å². The SMILES string of the molecule is CCOC(=O)/C=C/c1cccc(C)c1N(C)C. The molecule has 0 bridgehead atoms. The molecule has 0 atom stereocenters. The summed E-state index contributed by atoms with van der Waals surface area (Å²) in [7, 11) is 3.98. The van der Waals surface area contributed by atoms with Crippen LogP contribution in [-0.2, 0) is 9.53 Å². The van der Waals surface area contributed by atoms with Gasteiger partial charge in [-0.2, -0.15) is 0 Å². The summed E-state index contributed by atoms with van der Waals surface area (Å²) in [5.74, 6) is -0.307. The van der Waals surface area contributed by atoms with Crippen molar-refractivity contribution in [2.45, 2.75) is 13.8 Å². The first-order chi connectivity index (χ1) is 8.06. The summed E-state index contributed by atoms with van der Waals surface area (Å²) in [6.45, 7) is 4.25. The molecule has 0 aliphatic rings. The van der Waals surface area contributed by atoms with Crippen molar-refractivity contribution in [1.29, 1.82) is 0 Å². The van der Waals surface area contributed by atoms with E-state index in [9.17, 15) is 4.79 Å². The van der Waals surface area contributed by atoms with E-state index < -0.39 is 0 Å². The topological polar surface area (TPSA) is 29.5 Å². The van der Waals surface area contributed by atoms with E-state index in [1.54, 1.807) is 13.0 Å². The van der Waals surface area contributed by atoms with Gasteiger partial charge in [-0.15, -0.1) is 0 Å². The van der Waals surface area contributed by atoms with Crippen molar-refractivity contribution >= 4 is 17.7 Å². The molecule has 92 valence electrons. The lowest BCUT2D eigenvalue weighted by Gasteiger charge is -2.18. The summed E-state index contributed by atoms with van der Waals surface area (Å²) in [5.41, 5.74) is 3.32. The average molecular weight is 233 g/mol. The molecule has 0 radical (unpaired) electrons. The molecule has 1 rings (SSSR count). The Morgan fingerprint density at radius 3 is 2.71 bits per heavy atom. The van der Waals surface area contributed by atoms with Crippen molar-refractivity contribution in [3.05, 3.63) is 35.4 Å². The van der Waals surface area contributed by atoms with Gasteiger partial charge in [0.15, 0.2) is 0 Å². The number of ether oxygens (including phenoxy) is 1. The normalized spacial score (nSPS) is 10.6. The van der Waals surface area contributed by atoms with Crippen LogP contribution in [0, 0.1) is 6.92 Å². The third-order valence-electron chi connectivity index (χ3n) is 2.40. The fourth-order valence-electron chi connectivity index (χ4n) is 1.78. The molecule has 0 aliphatic carbocycles. The molecular formula is C14H19NO2. The van der Waals surface area contributed by atoms with E-state index in [4.69, 9.17) is 4.74 Å². The van der Waals surface area contributed by atoms with Gasteiger partial charge in [-0.25, -0.2) is 4.79 Å². The van der Waals surface area contributed by atoms with Gasteiger partial charge in [0, 0.05) is 25.9 Å². The highest BCUT2D eigenvalue weighted by atomic mass is 16.5. The Morgan fingerprint density at radius 1 is 1.41 bits per heavy atom. The Hall–Kier alpha value is -1.77. The summed E-state index contributed by atoms with van der Waals surface area (Å²) in [4.78, 5) is 13.3. The maximum atomic E-state index is 11.3. The second kappa shape index (κ2) is 6.09. The highest BCUT2D eigenvalue weighted by molar-refractivity contribution is 5.88. The number of hydrogen-bond acceptors (Lipinski definition) is 3. The molecule has 0 spiro atoms. The third kappa shape index (κ3) is 3.63. The number of benzene rings is 1. The van der Waals surface area contributed by atoms with Crippen molar-refractivity contribution in [2.75, 3.05) is 25.6 Å². The number of nitrogens with zero attached hydrogens (tertiary/aromatic N) is 1. The number of anilines is 1. The molecule has 1 aromatic rings. The molecule has 0 unspecified atom stereocenters. The highest BCUT2D eigenvalue weighted by Gasteiger charge is 2.05. The molecule has 0 amide bonds. The van der Waals surface area contributed by atoms with Crippen molar-refractivity contribution in [3.8, 4) is 0 Å². The van der Waals surface area contributed by atoms with E-state index in [-0.39, 0.29) is 5.97 Å². The number of aryl methyl sites for hydroxylation is 1. The monoisotopic (exact) mass is 233 g/mol. The van der Waals surface area contributed by atoms with Gasteiger partial charge in [-0.3, -0.25) is 0 Å². The molecular weight excluding hydrogens is 214 g/mol. The highest BCUT2D eigenvalue weighted by Crippen LogP contribution is 2.24. The first-order valence-electron chi connectivity index (χ1n) is 5.68. The fourth-order valence-corrected chi connectivity index (χ4v) is 1.78. The van der Waals surface area contributed by atoms with Crippen molar-refractivity contribution in [2.24, 2.45) is 0 Å². The quantitative estimate of drug-likeness (QED) is 0.591. The molecule has 0 N–H and O–H groups in total. The van der Waals surface area contributed by atoms with Crippen LogP contribution in [0.25, 0.3) is 6.08 Å². The van der Waals surface area contributed by atoms with Crippen LogP contribution in [0.1, 0.15) is 18.1 Å². The van der Waals surface area contributed by atoms with E-state index in [0.717, 1.165) is 11.3 Å². The molecule has 0 saturated carbocycles. The van der Waals surface area contributed by atoms with Crippen LogP contribution >= 0.6 is 0 Å². The van der Waals surface area contributed by atoms with E-state index in [2.05, 4.69) is 13.0 Å². The smallest absolute Gasteiger partial charge is 0.330 e. The van der Waals surface area contributed by atoms with E-state index in [1.165, 1.54) is 11.6 Å². The standard InChI is InChI=1S/C14H19NO2/c1-5-17-13(16)10-9-12-8-6-7-11(2)14(12)15(3)4/h6-10H,5H2,1-4H3/b10-9+. The predicted molar refractivity (Wildman–Crippen MR) is 71.2 cm³/mol. The molecule has 0 aliphatic heterocycles. The number of hydrogen-bond donors (Lipinski definition) is 0. The van der Waals surface area contributed by atoms with Gasteiger partial charge in [0.2, 0.25) is 0 Å². The van der Waals surface area contributed by atoms with Gasteiger partial charge < -0.3 is 9.64 Å². The minimum Gasteiger partial charge on any atom is -0.463 e. The van der Waals surface area contributed by atoms with Gasteiger partial charge in [0.1, 0.15) is 0 Å². The van der Waals surface area contributed by atoms with Crippen LogP contribution in [-0.4, -0.2) is 26.7 Å². The number of carbonyl (C=O) groups is 1. The third-order valence-corrected chi connectivity index (χ3v) is 2.40. The zero-order valence-corrected chi connectivity index (χ0v) is 10.9. The molecule has 3 heteroatoms. The first-order valence-corrected chi connectivity index (χ1v) is 5.68. The molecule has 1 aromatic carbocycles. The lowest BCUT2D eigenvalue weighted by Crippen LogP contribution is -2.11. The van der Waals surface area contributed by atoms with Gasteiger partial charge in [0.05, 0.1) is 6.61 Å². The average Bonchev–Trinajstić information content (AvgIpc) is 2.26. The summed E-state index contributed by atoms with van der Waals surface area (Å²) in [5, 5.41) is 0. The zero-order valence-electron chi connectivity index (χ0n) is 10.9. The van der Waals surface area contributed by atoms with Crippen LogP contribution in [0.2, 0.25) is 0 Å². The maximum absolute atomic E-state index is 11.3. The summed E-state index contributed by atoms with van der Waals surface area (Å²) in [6, 6.07) is 6.02. The van der Waals surface area contributed by atoms with E-state index in [1.807, 2.05) is 31.1 Å². The van der Waals surface area contributed by atoms with Gasteiger partial charge in [0.25, 0.3) is 0 Å². The Kier molecular flexibility index (Phi) is 4.76. The Balaban J connectivity index is 2.98. The number of para-hydroxylation sites is 1. The van der Waals surface area contributed by atoms with Crippen LogP contribution < -0.4 is 4.90 Å². The Labute approximate surface area is 103 Å². The van der Waals surface area contributed by atoms with Crippen molar-refractivity contribution in [3.63, 3.8) is 0 Å². The van der Waals surface area contributed by atoms with Gasteiger partial charge in [-0.05, 0) is 31.1 Å². The maximum Gasteiger partial charge on any atom is 0.330 e. The minimum atomic E-state index is -0.307. The lowest BCUT2D eigenvalue weighted by molar-refractivity contribution is -0.137. The number of carbonyl (C=O) groups excluding carboxylic acids is 1. The summed E-state index contributed by atoms with van der Waals surface area (Å²) >= 11 is 0. The van der Waals surface area contributed by atoms with Crippen LogP contribution in [0.15, 0.2) is 24.3 Å². The first kappa shape index (κ1) is 13.3. The van der Waals surface area contributed by atoms with Crippen LogP contribution in [0.3, 0.4) is 0 Å². The lowest BCUT2D eigenvalue weighted by atomic mass is 10.1. The molecule has 0 aromatic heterocycles. The summed E-state index contributed by atoms with van der Waals surface area (Å²) in [6.07, 6.45) is 3.26. The molecule has 0 heterocycles. The number of rotatable bonds is 4. The predicted octanol–water partition coefficient (Wildman–Crippen LogP) is 2.64. The molecule has 3 nitrogen and oxygen atoms in total. The fraction of sp³-hybridized carbons (Fsp3) is 0.357. The molecule has 17 heavy (non-hydrogen) atoms. The minimum absolute atomic E-state index is 0.307. The number of esters is 1. The van der Waals surface area contributed by atoms with E-state index in [0.29, 0.717) is 6.61 Å². The van der Waals surface area contributed by atoms with Crippen LogP contribution in [0.4, 0.5) is 5.69 Å². The second-order valence-corrected chi connectivity index (χ2v) is 3.99. The zero-order chi connectivity index (χ0) is 12.8. The molecule has 0 fully saturated rings. The second-order valence-electron chi connectivity index (χ2n) is 3.99. The van der Waals surface area contributed by atoms with Crippen molar-refractivity contribution < 1.29 is 9.53 Å². The Morgan fingerprint density at radius 2 is 2.12 bits per heavy atom.